The van der Waals surface area contributed by atoms with Gasteiger partial charge in [-0.25, -0.2) is 0 Å². The first kappa shape index (κ1) is 18.4. The summed E-state index contributed by atoms with van der Waals surface area (Å²) in [6.45, 7) is 1.41. The number of anilines is 1. The zero-order chi connectivity index (χ0) is 18.5. The Balaban J connectivity index is 1.78. The van der Waals surface area contributed by atoms with E-state index in [1.807, 2.05) is 18.0 Å². The molecule has 1 aliphatic rings. The summed E-state index contributed by atoms with van der Waals surface area (Å²) in [6, 6.07) is 14.1. The number of likely N-dealkylation sites (N-methyl/N-ethyl adjacent to an activating group) is 1. The molecule has 26 heavy (non-hydrogen) atoms. The van der Waals surface area contributed by atoms with Gasteiger partial charge in [0.25, 0.3) is 11.8 Å². The summed E-state index contributed by atoms with van der Waals surface area (Å²) < 4.78 is 0. The average molecular weight is 372 g/mol. The van der Waals surface area contributed by atoms with Crippen LogP contribution in [0, 0.1) is 0 Å². The van der Waals surface area contributed by atoms with Crippen molar-refractivity contribution in [3.8, 4) is 0 Å². The minimum atomic E-state index is -0.270. The molecular formula is C20H22ClN3O2. The van der Waals surface area contributed by atoms with E-state index in [2.05, 4.69) is 10.6 Å². The molecule has 5 nitrogen and oxygen atoms in total. The van der Waals surface area contributed by atoms with Crippen LogP contribution in [0.1, 0.15) is 33.6 Å². The maximum atomic E-state index is 13.0. The lowest BCUT2D eigenvalue weighted by atomic mass is 10.0. The minimum absolute atomic E-state index is 0.0584. The first-order chi connectivity index (χ1) is 12.6. The third-order valence-corrected chi connectivity index (χ3v) is 4.88. The molecule has 2 N–H and O–H groups in total. The van der Waals surface area contributed by atoms with Gasteiger partial charge in [-0.15, -0.1) is 0 Å². The van der Waals surface area contributed by atoms with Gasteiger partial charge in [-0.1, -0.05) is 23.7 Å². The molecule has 0 aromatic heterocycles. The molecular weight excluding hydrogens is 350 g/mol. The van der Waals surface area contributed by atoms with Crippen LogP contribution in [0.4, 0.5) is 5.69 Å². The van der Waals surface area contributed by atoms with Gasteiger partial charge in [-0.05, 0) is 56.3 Å². The topological polar surface area (TPSA) is 61.4 Å². The largest absolute Gasteiger partial charge is 0.337 e. The Morgan fingerprint density at radius 2 is 1.85 bits per heavy atom. The number of rotatable bonds is 4. The zero-order valence-corrected chi connectivity index (χ0v) is 15.4. The minimum Gasteiger partial charge on any atom is -0.337 e. The highest BCUT2D eigenvalue weighted by atomic mass is 35.5. The number of carbonyl (C=O) groups is 2. The fourth-order valence-corrected chi connectivity index (χ4v) is 3.27. The lowest BCUT2D eigenvalue weighted by Gasteiger charge is -2.33. The van der Waals surface area contributed by atoms with Crippen molar-refractivity contribution in [2.75, 3.05) is 25.5 Å². The van der Waals surface area contributed by atoms with Crippen LogP contribution in [0.25, 0.3) is 0 Å². The highest BCUT2D eigenvalue weighted by molar-refractivity contribution is 6.30. The van der Waals surface area contributed by atoms with Gasteiger partial charge in [-0.3, -0.25) is 9.59 Å². The van der Waals surface area contributed by atoms with E-state index in [0.29, 0.717) is 34.4 Å². The second-order valence-corrected chi connectivity index (χ2v) is 6.82. The molecule has 1 fully saturated rings. The third-order valence-electron chi connectivity index (χ3n) is 4.63. The van der Waals surface area contributed by atoms with E-state index in [-0.39, 0.29) is 11.8 Å². The number of amides is 2. The van der Waals surface area contributed by atoms with Crippen molar-refractivity contribution in [3.63, 3.8) is 0 Å². The van der Waals surface area contributed by atoms with Gasteiger partial charge in [-0.2, -0.15) is 0 Å². The Morgan fingerprint density at radius 3 is 2.58 bits per heavy atom. The molecule has 0 radical (unpaired) electrons. The van der Waals surface area contributed by atoms with Crippen LogP contribution >= 0.6 is 11.6 Å². The molecule has 3 rings (SSSR count). The summed E-state index contributed by atoms with van der Waals surface area (Å²) in [5.41, 5.74) is 1.51. The SMILES string of the molecule is CNC1CCCN(C(=O)c2ccccc2NC(=O)c2ccc(Cl)cc2)C1. The van der Waals surface area contributed by atoms with E-state index in [4.69, 9.17) is 11.6 Å². The van der Waals surface area contributed by atoms with Crippen LogP contribution in [0.2, 0.25) is 5.02 Å². The number of hydrogen-bond acceptors (Lipinski definition) is 3. The van der Waals surface area contributed by atoms with Gasteiger partial charge in [0.2, 0.25) is 0 Å². The Kier molecular flexibility index (Phi) is 5.91. The molecule has 1 aliphatic heterocycles. The van der Waals surface area contributed by atoms with Crippen LogP contribution in [0.3, 0.4) is 0 Å². The predicted molar refractivity (Wildman–Crippen MR) is 104 cm³/mol. The molecule has 6 heteroatoms. The summed E-state index contributed by atoms with van der Waals surface area (Å²) in [6.07, 6.45) is 2.03. The maximum absolute atomic E-state index is 13.0. The van der Waals surface area contributed by atoms with E-state index in [1.54, 1.807) is 42.5 Å². The van der Waals surface area contributed by atoms with Crippen molar-refractivity contribution in [1.29, 1.82) is 0 Å². The molecule has 0 saturated carbocycles. The number of piperidine rings is 1. The fraction of sp³-hybridized carbons (Fsp3) is 0.300. The van der Waals surface area contributed by atoms with E-state index in [1.165, 1.54) is 0 Å². The van der Waals surface area contributed by atoms with Crippen molar-refractivity contribution in [1.82, 2.24) is 10.2 Å². The Morgan fingerprint density at radius 1 is 1.12 bits per heavy atom. The van der Waals surface area contributed by atoms with Crippen LogP contribution in [-0.2, 0) is 0 Å². The number of likely N-dealkylation sites (tertiary alicyclic amines) is 1. The molecule has 0 spiro atoms. The first-order valence-electron chi connectivity index (χ1n) is 8.71. The molecule has 136 valence electrons. The van der Waals surface area contributed by atoms with Crippen molar-refractivity contribution < 1.29 is 9.59 Å². The van der Waals surface area contributed by atoms with Crippen molar-refractivity contribution in [2.45, 2.75) is 18.9 Å². The Hall–Kier alpha value is -2.37. The maximum Gasteiger partial charge on any atom is 0.256 e. The van der Waals surface area contributed by atoms with Crippen LogP contribution < -0.4 is 10.6 Å². The summed E-state index contributed by atoms with van der Waals surface area (Å²) in [5.74, 6) is -0.328. The molecule has 2 amide bonds. The first-order valence-corrected chi connectivity index (χ1v) is 9.09. The molecule has 0 bridgehead atoms. The predicted octanol–water partition coefficient (Wildman–Crippen LogP) is 3.42. The third kappa shape index (κ3) is 4.23. The second-order valence-electron chi connectivity index (χ2n) is 6.39. The number of para-hydroxylation sites is 1. The summed E-state index contributed by atoms with van der Waals surface area (Å²) in [7, 11) is 1.92. The van der Waals surface area contributed by atoms with Gasteiger partial charge < -0.3 is 15.5 Å². The van der Waals surface area contributed by atoms with Gasteiger partial charge in [0.05, 0.1) is 11.3 Å². The quantitative estimate of drug-likeness (QED) is 0.865. The van der Waals surface area contributed by atoms with E-state index < -0.39 is 0 Å². The summed E-state index contributed by atoms with van der Waals surface area (Å²) in [4.78, 5) is 27.3. The standard InChI is InChI=1S/C20H22ClN3O2/c1-22-16-5-4-12-24(13-16)20(26)17-6-2-3-7-18(17)23-19(25)14-8-10-15(21)11-9-14/h2-3,6-11,16,22H,4-5,12-13H2,1H3,(H,23,25). The van der Waals surface area contributed by atoms with Gasteiger partial charge in [0, 0.05) is 29.7 Å². The Bertz CT molecular complexity index is 792. The highest BCUT2D eigenvalue weighted by Gasteiger charge is 2.25. The Labute approximate surface area is 158 Å². The number of nitrogens with zero attached hydrogens (tertiary/aromatic N) is 1. The van der Waals surface area contributed by atoms with Crippen LogP contribution in [-0.4, -0.2) is 42.9 Å². The van der Waals surface area contributed by atoms with E-state index >= 15 is 0 Å². The molecule has 1 saturated heterocycles. The molecule has 2 aromatic rings. The number of carbonyl (C=O) groups excluding carboxylic acids is 2. The normalized spacial score (nSPS) is 17.0. The molecule has 1 atom stereocenters. The lowest BCUT2D eigenvalue weighted by Crippen LogP contribution is -2.47. The number of benzene rings is 2. The highest BCUT2D eigenvalue weighted by Crippen LogP contribution is 2.21. The van der Waals surface area contributed by atoms with E-state index in [9.17, 15) is 9.59 Å². The number of hydrogen-bond donors (Lipinski definition) is 2. The lowest BCUT2D eigenvalue weighted by molar-refractivity contribution is 0.0699. The number of halogens is 1. The number of nitrogens with one attached hydrogen (secondary N) is 2. The molecule has 0 aliphatic carbocycles. The fourth-order valence-electron chi connectivity index (χ4n) is 3.14. The van der Waals surface area contributed by atoms with Crippen LogP contribution in [0.15, 0.2) is 48.5 Å². The monoisotopic (exact) mass is 371 g/mol. The van der Waals surface area contributed by atoms with Crippen LogP contribution in [0.5, 0.6) is 0 Å². The van der Waals surface area contributed by atoms with Crippen molar-refractivity contribution >= 4 is 29.1 Å². The molecule has 1 heterocycles. The molecule has 2 aromatic carbocycles. The smallest absolute Gasteiger partial charge is 0.256 e. The molecule has 1 unspecified atom stereocenters. The van der Waals surface area contributed by atoms with Crippen molar-refractivity contribution in [3.05, 3.63) is 64.7 Å². The van der Waals surface area contributed by atoms with Gasteiger partial charge in [0.1, 0.15) is 0 Å². The summed E-state index contributed by atoms with van der Waals surface area (Å²) in [5, 5.41) is 6.66. The van der Waals surface area contributed by atoms with Gasteiger partial charge >= 0.3 is 0 Å². The average Bonchev–Trinajstić information content (AvgIpc) is 2.68. The van der Waals surface area contributed by atoms with Gasteiger partial charge in [0.15, 0.2) is 0 Å². The van der Waals surface area contributed by atoms with E-state index in [0.717, 1.165) is 19.4 Å². The zero-order valence-electron chi connectivity index (χ0n) is 14.7. The van der Waals surface area contributed by atoms with Crippen molar-refractivity contribution in [2.24, 2.45) is 0 Å². The second kappa shape index (κ2) is 8.34. The summed E-state index contributed by atoms with van der Waals surface area (Å²) >= 11 is 5.87.